The molecule has 1 N–H and O–H groups in total. The Morgan fingerprint density at radius 3 is 2.11 bits per heavy atom. The second-order valence-corrected chi connectivity index (χ2v) is 8.05. The van der Waals surface area contributed by atoms with Crippen LogP contribution in [0.25, 0.3) is 0 Å². The average Bonchev–Trinajstić information content (AvgIpc) is 3.07. The molecule has 2 saturated carbocycles. The molecular formula is C17H33N. The molecule has 0 saturated heterocycles. The van der Waals surface area contributed by atoms with E-state index >= 15 is 0 Å². The standard InChI is InChI=1S/C17H33N/c1-5-10-17(11-12-17)13-18-15-8-6-14(7-9-15)16(2,3)4/h14-15,18H,5-13H2,1-4H3. The Balaban J connectivity index is 1.68. The molecule has 2 aliphatic rings. The van der Waals surface area contributed by atoms with Crippen molar-refractivity contribution in [1.82, 2.24) is 5.32 Å². The van der Waals surface area contributed by atoms with Crippen molar-refractivity contribution in [1.29, 1.82) is 0 Å². The maximum Gasteiger partial charge on any atom is 0.00675 e. The van der Waals surface area contributed by atoms with E-state index in [0.29, 0.717) is 5.41 Å². The van der Waals surface area contributed by atoms with E-state index in [1.165, 1.54) is 57.9 Å². The smallest absolute Gasteiger partial charge is 0.00675 e. The van der Waals surface area contributed by atoms with Gasteiger partial charge >= 0.3 is 0 Å². The van der Waals surface area contributed by atoms with Crippen molar-refractivity contribution in [3.8, 4) is 0 Å². The van der Waals surface area contributed by atoms with Crippen molar-refractivity contribution in [2.45, 2.75) is 85.1 Å². The third-order valence-electron chi connectivity index (χ3n) is 5.46. The minimum Gasteiger partial charge on any atom is -0.313 e. The highest BCUT2D eigenvalue weighted by Gasteiger charge is 2.41. The molecule has 2 aliphatic carbocycles. The molecule has 0 unspecified atom stereocenters. The van der Waals surface area contributed by atoms with Crippen LogP contribution in [0, 0.1) is 16.7 Å². The highest BCUT2D eigenvalue weighted by Crippen LogP contribution is 2.49. The summed E-state index contributed by atoms with van der Waals surface area (Å²) in [7, 11) is 0. The van der Waals surface area contributed by atoms with E-state index < -0.39 is 0 Å². The molecule has 0 spiro atoms. The van der Waals surface area contributed by atoms with Gasteiger partial charge < -0.3 is 5.32 Å². The van der Waals surface area contributed by atoms with Crippen LogP contribution >= 0.6 is 0 Å². The molecular weight excluding hydrogens is 218 g/mol. The van der Waals surface area contributed by atoms with Gasteiger partial charge in [-0.05, 0) is 61.7 Å². The maximum absolute atomic E-state index is 3.88. The minimum atomic E-state index is 0.519. The SMILES string of the molecule is CCCC1(CNC2CCC(C(C)(C)C)CC2)CC1. The second kappa shape index (κ2) is 5.53. The molecule has 0 amide bonds. The van der Waals surface area contributed by atoms with Crippen LogP contribution in [0.3, 0.4) is 0 Å². The Morgan fingerprint density at radius 2 is 1.67 bits per heavy atom. The molecule has 106 valence electrons. The predicted octanol–water partition coefficient (Wildman–Crippen LogP) is 4.76. The summed E-state index contributed by atoms with van der Waals surface area (Å²) >= 11 is 0. The van der Waals surface area contributed by atoms with Gasteiger partial charge in [0.05, 0.1) is 0 Å². The zero-order valence-corrected chi connectivity index (χ0v) is 13.0. The fourth-order valence-electron chi connectivity index (χ4n) is 3.75. The Bertz CT molecular complexity index is 251. The number of rotatable bonds is 5. The first-order chi connectivity index (χ1) is 8.45. The highest BCUT2D eigenvalue weighted by atomic mass is 14.9. The van der Waals surface area contributed by atoms with E-state index in [-0.39, 0.29) is 0 Å². The molecule has 1 heteroatoms. The number of hydrogen-bond donors (Lipinski definition) is 1. The molecule has 1 nitrogen and oxygen atoms in total. The molecule has 0 aromatic rings. The van der Waals surface area contributed by atoms with Crippen LogP contribution in [0.4, 0.5) is 0 Å². The van der Waals surface area contributed by atoms with Crippen LogP contribution in [0.2, 0.25) is 0 Å². The quantitative estimate of drug-likeness (QED) is 0.743. The summed E-state index contributed by atoms with van der Waals surface area (Å²) in [6.45, 7) is 10.9. The van der Waals surface area contributed by atoms with Crippen LogP contribution in [0.15, 0.2) is 0 Å². The summed E-state index contributed by atoms with van der Waals surface area (Å²) in [5.41, 5.74) is 1.24. The molecule has 0 aromatic carbocycles. The first-order valence-electron chi connectivity index (χ1n) is 8.19. The van der Waals surface area contributed by atoms with Gasteiger partial charge in [0.25, 0.3) is 0 Å². The van der Waals surface area contributed by atoms with Crippen molar-refractivity contribution in [2.24, 2.45) is 16.7 Å². The van der Waals surface area contributed by atoms with Crippen LogP contribution in [-0.4, -0.2) is 12.6 Å². The molecule has 0 atom stereocenters. The van der Waals surface area contributed by atoms with E-state index in [1.807, 2.05) is 0 Å². The first kappa shape index (κ1) is 14.4. The molecule has 18 heavy (non-hydrogen) atoms. The summed E-state index contributed by atoms with van der Waals surface area (Å²) in [5.74, 6) is 0.945. The fourth-order valence-corrected chi connectivity index (χ4v) is 3.75. The predicted molar refractivity (Wildman–Crippen MR) is 79.8 cm³/mol. The zero-order valence-electron chi connectivity index (χ0n) is 13.0. The van der Waals surface area contributed by atoms with Crippen molar-refractivity contribution >= 4 is 0 Å². The largest absolute Gasteiger partial charge is 0.313 e. The Morgan fingerprint density at radius 1 is 1.06 bits per heavy atom. The van der Waals surface area contributed by atoms with Gasteiger partial charge in [-0.15, -0.1) is 0 Å². The number of hydrogen-bond acceptors (Lipinski definition) is 1. The van der Waals surface area contributed by atoms with Crippen molar-refractivity contribution in [3.63, 3.8) is 0 Å². The normalized spacial score (nSPS) is 31.3. The highest BCUT2D eigenvalue weighted by molar-refractivity contribution is 4.95. The van der Waals surface area contributed by atoms with Crippen LogP contribution < -0.4 is 5.32 Å². The lowest BCUT2D eigenvalue weighted by atomic mass is 9.71. The average molecular weight is 251 g/mol. The lowest BCUT2D eigenvalue weighted by molar-refractivity contribution is 0.157. The van der Waals surface area contributed by atoms with Gasteiger partial charge in [-0.2, -0.15) is 0 Å². The Labute approximate surface area is 114 Å². The van der Waals surface area contributed by atoms with Crippen molar-refractivity contribution < 1.29 is 0 Å². The van der Waals surface area contributed by atoms with Crippen molar-refractivity contribution in [3.05, 3.63) is 0 Å². The van der Waals surface area contributed by atoms with Gasteiger partial charge in [0.1, 0.15) is 0 Å². The molecule has 2 rings (SSSR count). The summed E-state index contributed by atoms with van der Waals surface area (Å²) in [5, 5.41) is 3.88. The van der Waals surface area contributed by atoms with E-state index in [4.69, 9.17) is 0 Å². The van der Waals surface area contributed by atoms with Crippen molar-refractivity contribution in [2.75, 3.05) is 6.54 Å². The maximum atomic E-state index is 3.88. The second-order valence-electron chi connectivity index (χ2n) is 8.05. The first-order valence-corrected chi connectivity index (χ1v) is 8.19. The lowest BCUT2D eigenvalue weighted by Gasteiger charge is -2.37. The minimum absolute atomic E-state index is 0.519. The van der Waals surface area contributed by atoms with E-state index in [9.17, 15) is 0 Å². The molecule has 0 aliphatic heterocycles. The summed E-state index contributed by atoms with van der Waals surface area (Å²) in [6.07, 6.45) is 11.4. The Hall–Kier alpha value is -0.0400. The van der Waals surface area contributed by atoms with E-state index in [0.717, 1.165) is 17.4 Å². The molecule has 0 radical (unpaired) electrons. The summed E-state index contributed by atoms with van der Waals surface area (Å²) < 4.78 is 0. The zero-order chi connectivity index (χ0) is 13.2. The van der Waals surface area contributed by atoms with Gasteiger partial charge in [-0.25, -0.2) is 0 Å². The summed E-state index contributed by atoms with van der Waals surface area (Å²) in [6, 6.07) is 0.818. The van der Waals surface area contributed by atoms with Crippen LogP contribution in [0.1, 0.15) is 79.1 Å². The third kappa shape index (κ3) is 3.73. The lowest BCUT2D eigenvalue weighted by Crippen LogP contribution is -2.38. The summed E-state index contributed by atoms with van der Waals surface area (Å²) in [4.78, 5) is 0. The molecule has 0 heterocycles. The molecule has 0 aromatic heterocycles. The van der Waals surface area contributed by atoms with Gasteiger partial charge in [0, 0.05) is 12.6 Å². The van der Waals surface area contributed by atoms with Gasteiger partial charge in [0.15, 0.2) is 0 Å². The van der Waals surface area contributed by atoms with E-state index in [2.05, 4.69) is 33.0 Å². The topological polar surface area (TPSA) is 12.0 Å². The third-order valence-corrected chi connectivity index (χ3v) is 5.46. The fraction of sp³-hybridized carbons (Fsp3) is 1.00. The van der Waals surface area contributed by atoms with Gasteiger partial charge in [0.2, 0.25) is 0 Å². The van der Waals surface area contributed by atoms with Gasteiger partial charge in [-0.1, -0.05) is 34.1 Å². The molecule has 0 bridgehead atoms. The monoisotopic (exact) mass is 251 g/mol. The van der Waals surface area contributed by atoms with Crippen LogP contribution in [0.5, 0.6) is 0 Å². The number of nitrogens with one attached hydrogen (secondary N) is 1. The molecule has 2 fully saturated rings. The van der Waals surface area contributed by atoms with E-state index in [1.54, 1.807) is 0 Å². The van der Waals surface area contributed by atoms with Crippen LogP contribution in [-0.2, 0) is 0 Å². The van der Waals surface area contributed by atoms with Gasteiger partial charge in [-0.3, -0.25) is 0 Å². The Kier molecular flexibility index (Phi) is 4.41.